The Labute approximate surface area is 159 Å². The van der Waals surface area contributed by atoms with Crippen LogP contribution in [0.2, 0.25) is 0 Å². The zero-order chi connectivity index (χ0) is 19.8. The van der Waals surface area contributed by atoms with Crippen LogP contribution in [0, 0.1) is 12.7 Å². The Morgan fingerprint density at radius 1 is 1.11 bits per heavy atom. The van der Waals surface area contributed by atoms with Gasteiger partial charge >= 0.3 is 5.91 Å². The first kappa shape index (κ1) is 17.7. The monoisotopic (exact) mass is 378 g/mol. The highest BCUT2D eigenvalue weighted by Crippen LogP contribution is 2.41. The van der Waals surface area contributed by atoms with E-state index in [4.69, 9.17) is 4.52 Å². The lowest BCUT2D eigenvalue weighted by molar-refractivity contribution is -0.132. The van der Waals surface area contributed by atoms with E-state index in [-0.39, 0.29) is 22.7 Å². The molecule has 1 fully saturated rings. The molecule has 0 unspecified atom stereocenters. The fourth-order valence-electron chi connectivity index (χ4n) is 3.25. The summed E-state index contributed by atoms with van der Waals surface area (Å²) in [6.45, 7) is 1.67. The van der Waals surface area contributed by atoms with Gasteiger partial charge in [0.2, 0.25) is 0 Å². The Balaban J connectivity index is 1.93. The molecule has 2 aromatic carbocycles. The molecule has 1 saturated heterocycles. The number of amides is 1. The number of ketones is 1. The maximum Gasteiger partial charge on any atom is 0.301 e. The van der Waals surface area contributed by atoms with Crippen LogP contribution in [-0.2, 0) is 9.59 Å². The van der Waals surface area contributed by atoms with Crippen LogP contribution >= 0.6 is 0 Å². The summed E-state index contributed by atoms with van der Waals surface area (Å²) in [5, 5.41) is 14.7. The number of hydrogen-bond donors (Lipinski definition) is 1. The number of aromatic nitrogens is 1. The van der Waals surface area contributed by atoms with Crippen molar-refractivity contribution in [2.75, 3.05) is 4.90 Å². The van der Waals surface area contributed by atoms with Crippen molar-refractivity contribution >= 4 is 23.3 Å². The fourth-order valence-corrected chi connectivity index (χ4v) is 3.25. The first-order valence-corrected chi connectivity index (χ1v) is 8.52. The number of rotatable bonds is 3. The minimum atomic E-state index is -0.893. The number of carbonyl (C=O) groups is 2. The largest absolute Gasteiger partial charge is 0.507 e. The quantitative estimate of drug-likeness (QED) is 0.426. The topological polar surface area (TPSA) is 83.6 Å². The second kappa shape index (κ2) is 6.77. The van der Waals surface area contributed by atoms with Crippen molar-refractivity contribution in [3.8, 4) is 0 Å². The predicted molar refractivity (Wildman–Crippen MR) is 98.9 cm³/mol. The molecule has 2 heterocycles. The summed E-state index contributed by atoms with van der Waals surface area (Å²) in [6, 6.07) is 14.5. The summed E-state index contributed by atoms with van der Waals surface area (Å²) >= 11 is 0. The van der Waals surface area contributed by atoms with Crippen molar-refractivity contribution < 1.29 is 23.6 Å². The van der Waals surface area contributed by atoms with E-state index < -0.39 is 23.5 Å². The third-order valence-electron chi connectivity index (χ3n) is 4.54. The molecule has 140 valence electrons. The van der Waals surface area contributed by atoms with Gasteiger partial charge < -0.3 is 9.63 Å². The van der Waals surface area contributed by atoms with Gasteiger partial charge in [0.25, 0.3) is 5.78 Å². The Hall–Kier alpha value is -3.74. The molecule has 1 amide bonds. The van der Waals surface area contributed by atoms with Crippen molar-refractivity contribution in [1.82, 2.24) is 5.16 Å². The van der Waals surface area contributed by atoms with Gasteiger partial charge in [-0.1, -0.05) is 35.5 Å². The highest BCUT2D eigenvalue weighted by Gasteiger charge is 2.48. The van der Waals surface area contributed by atoms with Crippen LogP contribution in [0.25, 0.3) is 5.76 Å². The van der Waals surface area contributed by atoms with Gasteiger partial charge in [-0.3, -0.25) is 14.5 Å². The van der Waals surface area contributed by atoms with Crippen molar-refractivity contribution in [3.05, 3.63) is 88.9 Å². The van der Waals surface area contributed by atoms with Crippen LogP contribution in [0.15, 0.2) is 70.8 Å². The van der Waals surface area contributed by atoms with Crippen molar-refractivity contribution in [2.45, 2.75) is 13.0 Å². The Morgan fingerprint density at radius 2 is 1.79 bits per heavy atom. The Morgan fingerprint density at radius 3 is 2.39 bits per heavy atom. The minimum absolute atomic E-state index is 0.0940. The second-order valence-electron chi connectivity index (χ2n) is 6.38. The molecule has 28 heavy (non-hydrogen) atoms. The maximum absolute atomic E-state index is 13.2. The average molecular weight is 378 g/mol. The lowest BCUT2D eigenvalue weighted by Crippen LogP contribution is -2.29. The van der Waals surface area contributed by atoms with Gasteiger partial charge in [-0.15, -0.1) is 0 Å². The summed E-state index contributed by atoms with van der Waals surface area (Å²) in [5.74, 6) is -1.89. The zero-order valence-electron chi connectivity index (χ0n) is 14.8. The number of halogens is 1. The molecule has 0 aliphatic carbocycles. The molecule has 1 aliphatic heterocycles. The number of aliphatic hydroxyl groups excluding tert-OH is 1. The highest BCUT2D eigenvalue weighted by atomic mass is 19.1. The molecule has 6 nitrogen and oxygen atoms in total. The van der Waals surface area contributed by atoms with Crippen LogP contribution in [0.3, 0.4) is 0 Å². The number of carbonyl (C=O) groups excluding carboxylic acids is 2. The van der Waals surface area contributed by atoms with Gasteiger partial charge in [-0.25, -0.2) is 4.39 Å². The van der Waals surface area contributed by atoms with E-state index in [1.807, 2.05) is 0 Å². The summed E-state index contributed by atoms with van der Waals surface area (Å²) in [7, 11) is 0. The van der Waals surface area contributed by atoms with E-state index in [2.05, 4.69) is 5.16 Å². The van der Waals surface area contributed by atoms with E-state index in [1.54, 1.807) is 43.3 Å². The lowest BCUT2D eigenvalue weighted by atomic mass is 9.95. The van der Waals surface area contributed by atoms with Crippen molar-refractivity contribution in [1.29, 1.82) is 0 Å². The molecule has 1 aromatic heterocycles. The summed E-state index contributed by atoms with van der Waals surface area (Å²) in [4.78, 5) is 26.8. The van der Waals surface area contributed by atoms with Crippen molar-refractivity contribution in [2.24, 2.45) is 0 Å². The number of anilines is 1. The van der Waals surface area contributed by atoms with Gasteiger partial charge in [0, 0.05) is 11.6 Å². The molecule has 0 bridgehead atoms. The van der Waals surface area contributed by atoms with Crippen LogP contribution < -0.4 is 4.90 Å². The first-order valence-electron chi connectivity index (χ1n) is 8.52. The molecule has 0 spiro atoms. The number of hydrogen-bond acceptors (Lipinski definition) is 5. The molecule has 1 atom stereocenters. The average Bonchev–Trinajstić information content (AvgIpc) is 3.24. The molecular formula is C21H15FN2O4. The van der Waals surface area contributed by atoms with E-state index in [1.165, 1.54) is 29.2 Å². The van der Waals surface area contributed by atoms with Crippen LogP contribution in [0.4, 0.5) is 10.2 Å². The van der Waals surface area contributed by atoms with E-state index in [9.17, 15) is 19.1 Å². The van der Waals surface area contributed by atoms with E-state index in [0.717, 1.165) is 0 Å². The number of aliphatic hydroxyl groups is 1. The number of aryl methyl sites for hydroxylation is 1. The lowest BCUT2D eigenvalue weighted by Gasteiger charge is -2.22. The van der Waals surface area contributed by atoms with Crippen LogP contribution in [0.5, 0.6) is 0 Å². The van der Waals surface area contributed by atoms with Crippen LogP contribution in [0.1, 0.15) is 22.9 Å². The first-order chi connectivity index (χ1) is 13.5. The van der Waals surface area contributed by atoms with Gasteiger partial charge in [-0.2, -0.15) is 0 Å². The zero-order valence-corrected chi connectivity index (χ0v) is 14.8. The summed E-state index contributed by atoms with van der Waals surface area (Å²) < 4.78 is 18.3. The molecule has 7 heteroatoms. The molecule has 3 aromatic rings. The van der Waals surface area contributed by atoms with Gasteiger partial charge in [0.05, 0.1) is 11.6 Å². The Bertz CT molecular complexity index is 1090. The summed E-state index contributed by atoms with van der Waals surface area (Å²) in [6.07, 6.45) is 0. The van der Waals surface area contributed by atoms with Gasteiger partial charge in [0.15, 0.2) is 5.82 Å². The molecule has 0 radical (unpaired) electrons. The standard InChI is InChI=1S/C21H15FN2O4/c1-12-11-16(23-28-12)24-18(13-5-3-2-4-6-13)17(20(26)21(24)27)19(25)14-7-9-15(22)10-8-14/h2-11,18,25H,1H3/b19-17+/t18-/m1/s1. The van der Waals surface area contributed by atoms with Gasteiger partial charge in [-0.05, 0) is 36.8 Å². The number of benzene rings is 2. The molecule has 0 saturated carbocycles. The maximum atomic E-state index is 13.2. The highest BCUT2D eigenvalue weighted by molar-refractivity contribution is 6.51. The molecular weight excluding hydrogens is 363 g/mol. The van der Waals surface area contributed by atoms with Gasteiger partial charge in [0.1, 0.15) is 17.3 Å². The van der Waals surface area contributed by atoms with Crippen molar-refractivity contribution in [3.63, 3.8) is 0 Å². The normalized spacial score (nSPS) is 18.6. The summed E-state index contributed by atoms with van der Waals surface area (Å²) in [5.41, 5.74) is 0.756. The fraction of sp³-hybridized carbons (Fsp3) is 0.0952. The number of nitrogens with zero attached hydrogens (tertiary/aromatic N) is 2. The van der Waals surface area contributed by atoms with E-state index in [0.29, 0.717) is 11.3 Å². The van der Waals surface area contributed by atoms with Crippen LogP contribution in [-0.4, -0.2) is 22.0 Å². The number of Topliss-reactive ketones (excluding diaryl/α,β-unsaturated/α-hetero) is 1. The minimum Gasteiger partial charge on any atom is -0.507 e. The van der Waals surface area contributed by atoms with E-state index >= 15 is 0 Å². The predicted octanol–water partition coefficient (Wildman–Crippen LogP) is 3.75. The molecule has 4 rings (SSSR count). The smallest absolute Gasteiger partial charge is 0.301 e. The third kappa shape index (κ3) is 2.87. The molecule has 1 aliphatic rings. The SMILES string of the molecule is Cc1cc(N2C(=O)C(=O)/C(=C(/O)c3ccc(F)cc3)[C@H]2c2ccccc2)no1. The Kier molecular flexibility index (Phi) is 4.27. The third-order valence-corrected chi connectivity index (χ3v) is 4.54. The molecule has 1 N–H and O–H groups in total. The second-order valence-corrected chi connectivity index (χ2v) is 6.38.